The fraction of sp³-hybridized carbons (Fsp3) is 0.854. The van der Waals surface area contributed by atoms with Crippen LogP contribution in [0.3, 0.4) is 0 Å². The molecule has 0 saturated heterocycles. The predicted molar refractivity (Wildman–Crippen MR) is 229 cm³/mol. The van der Waals surface area contributed by atoms with Crippen LogP contribution in [0.15, 0.2) is 24.3 Å². The second-order valence-electron chi connectivity index (χ2n) is 15.7. The molecule has 6 heteroatoms. The highest BCUT2D eigenvalue weighted by Crippen LogP contribution is 2.15. The van der Waals surface area contributed by atoms with Gasteiger partial charge in [-0.2, -0.15) is 0 Å². The lowest BCUT2D eigenvalue weighted by Crippen LogP contribution is -2.30. The highest BCUT2D eigenvalue weighted by molar-refractivity contribution is 5.71. The smallest absolute Gasteiger partial charge is 0.306 e. The molecule has 0 bridgehead atoms. The number of unbranched alkanes of at least 4 members (excludes halogenated alkanes) is 27. The average Bonchev–Trinajstić information content (AvgIpc) is 3.17. The fourth-order valence-electron chi connectivity index (χ4n) is 6.58. The molecule has 0 saturated carbocycles. The van der Waals surface area contributed by atoms with E-state index in [0.717, 1.165) is 89.9 Å². The van der Waals surface area contributed by atoms with Crippen LogP contribution < -0.4 is 0 Å². The van der Waals surface area contributed by atoms with Crippen LogP contribution in [0.4, 0.5) is 0 Å². The van der Waals surface area contributed by atoms with Crippen molar-refractivity contribution in [2.45, 2.75) is 252 Å². The van der Waals surface area contributed by atoms with Gasteiger partial charge in [0.2, 0.25) is 0 Å². The Morgan fingerprint density at radius 1 is 0.352 bits per heavy atom. The van der Waals surface area contributed by atoms with Crippen molar-refractivity contribution in [1.29, 1.82) is 0 Å². The molecule has 0 aliphatic carbocycles. The second kappa shape index (κ2) is 43.6. The van der Waals surface area contributed by atoms with Gasteiger partial charge in [-0.25, -0.2) is 0 Å². The summed E-state index contributed by atoms with van der Waals surface area (Å²) in [7, 11) is 0. The zero-order valence-electron chi connectivity index (χ0n) is 36.0. The van der Waals surface area contributed by atoms with Gasteiger partial charge in [-0.15, -0.1) is 0 Å². The summed E-state index contributed by atoms with van der Waals surface area (Å²) in [4.78, 5) is 37.7. The zero-order chi connectivity index (χ0) is 39.4. The topological polar surface area (TPSA) is 78.9 Å². The number of esters is 3. The van der Waals surface area contributed by atoms with Crippen LogP contribution >= 0.6 is 0 Å². The van der Waals surface area contributed by atoms with E-state index in [4.69, 9.17) is 14.2 Å². The lowest BCUT2D eigenvalue weighted by atomic mass is 10.0. The number of carbonyl (C=O) groups excluding carboxylic acids is 3. The average molecular weight is 761 g/mol. The Labute approximate surface area is 334 Å². The molecule has 0 aliphatic rings. The van der Waals surface area contributed by atoms with E-state index in [1.165, 1.54) is 116 Å². The molecule has 0 N–H and O–H groups in total. The molecule has 0 aromatic heterocycles. The molecule has 0 radical (unpaired) electrons. The molecule has 1 atom stereocenters. The highest BCUT2D eigenvalue weighted by atomic mass is 16.6. The van der Waals surface area contributed by atoms with E-state index < -0.39 is 6.10 Å². The SMILES string of the molecule is CCCC/C=C\CCCCCCCC(=O)OC(COC(=O)CCCCCC/C=C\CCCC)COC(=O)CCCCCCCCCCCCCCCCC. The summed E-state index contributed by atoms with van der Waals surface area (Å²) in [5.74, 6) is -0.894. The number of allylic oxidation sites excluding steroid dienone is 4. The van der Waals surface area contributed by atoms with Crippen molar-refractivity contribution in [2.24, 2.45) is 0 Å². The van der Waals surface area contributed by atoms with Crippen LogP contribution in [0.1, 0.15) is 245 Å². The van der Waals surface area contributed by atoms with Crippen LogP contribution in [0.25, 0.3) is 0 Å². The summed E-state index contributed by atoms with van der Waals surface area (Å²) < 4.78 is 16.7. The molecule has 1 unspecified atom stereocenters. The Balaban J connectivity index is 4.33. The van der Waals surface area contributed by atoms with Crippen molar-refractivity contribution >= 4 is 17.9 Å². The maximum absolute atomic E-state index is 12.7. The van der Waals surface area contributed by atoms with E-state index in [9.17, 15) is 14.4 Å². The van der Waals surface area contributed by atoms with E-state index in [-0.39, 0.29) is 31.1 Å². The van der Waals surface area contributed by atoms with Crippen molar-refractivity contribution in [3.8, 4) is 0 Å². The third kappa shape index (κ3) is 41.1. The molecule has 54 heavy (non-hydrogen) atoms. The first-order chi connectivity index (χ1) is 26.5. The molecule has 0 heterocycles. The monoisotopic (exact) mass is 761 g/mol. The third-order valence-electron chi connectivity index (χ3n) is 10.2. The lowest BCUT2D eigenvalue weighted by molar-refractivity contribution is -0.167. The summed E-state index contributed by atoms with van der Waals surface area (Å²) in [6.07, 6.45) is 47.3. The number of rotatable bonds is 42. The van der Waals surface area contributed by atoms with Gasteiger partial charge >= 0.3 is 17.9 Å². The summed E-state index contributed by atoms with van der Waals surface area (Å²) in [5, 5.41) is 0. The van der Waals surface area contributed by atoms with Crippen molar-refractivity contribution in [3.63, 3.8) is 0 Å². The van der Waals surface area contributed by atoms with Gasteiger partial charge in [-0.05, 0) is 57.8 Å². The van der Waals surface area contributed by atoms with Gasteiger partial charge in [0, 0.05) is 19.3 Å². The zero-order valence-corrected chi connectivity index (χ0v) is 36.0. The van der Waals surface area contributed by atoms with E-state index in [0.29, 0.717) is 19.3 Å². The quantitative estimate of drug-likeness (QED) is 0.0267. The Morgan fingerprint density at radius 3 is 0.981 bits per heavy atom. The van der Waals surface area contributed by atoms with E-state index >= 15 is 0 Å². The van der Waals surface area contributed by atoms with Crippen LogP contribution in [-0.4, -0.2) is 37.2 Å². The van der Waals surface area contributed by atoms with Crippen LogP contribution in [0, 0.1) is 0 Å². The van der Waals surface area contributed by atoms with Crippen molar-refractivity contribution < 1.29 is 28.6 Å². The van der Waals surface area contributed by atoms with Crippen molar-refractivity contribution in [3.05, 3.63) is 24.3 Å². The van der Waals surface area contributed by atoms with Gasteiger partial charge < -0.3 is 14.2 Å². The maximum Gasteiger partial charge on any atom is 0.306 e. The molecule has 0 aromatic carbocycles. The summed E-state index contributed by atoms with van der Waals surface area (Å²) in [5.41, 5.74) is 0. The standard InChI is InChI=1S/C48H88O6/c1-4-7-10-13-16-19-22-23-24-25-27-29-32-35-38-41-47(50)53-44-45(43-52-46(49)40-37-34-31-28-21-18-15-12-9-6-3)54-48(51)42-39-36-33-30-26-20-17-14-11-8-5-2/h14-15,17-18,45H,4-13,16,19-44H2,1-3H3/b17-14-,18-15-. The number of ether oxygens (including phenoxy) is 3. The molecular formula is C48H88O6. The first-order valence-electron chi connectivity index (χ1n) is 23.3. The van der Waals surface area contributed by atoms with Gasteiger partial charge in [-0.1, -0.05) is 193 Å². The van der Waals surface area contributed by atoms with Crippen molar-refractivity contribution in [1.82, 2.24) is 0 Å². The van der Waals surface area contributed by atoms with Crippen molar-refractivity contribution in [2.75, 3.05) is 13.2 Å². The third-order valence-corrected chi connectivity index (χ3v) is 10.2. The second-order valence-corrected chi connectivity index (χ2v) is 15.7. The van der Waals surface area contributed by atoms with Crippen LogP contribution in [0.5, 0.6) is 0 Å². The van der Waals surface area contributed by atoms with Crippen LogP contribution in [-0.2, 0) is 28.6 Å². The molecule has 0 amide bonds. The molecule has 6 nitrogen and oxygen atoms in total. The lowest BCUT2D eigenvalue weighted by Gasteiger charge is -2.18. The van der Waals surface area contributed by atoms with Gasteiger partial charge in [0.15, 0.2) is 6.10 Å². The minimum atomic E-state index is -0.773. The minimum Gasteiger partial charge on any atom is -0.462 e. The summed E-state index contributed by atoms with van der Waals surface area (Å²) >= 11 is 0. The van der Waals surface area contributed by atoms with E-state index in [1.807, 2.05) is 0 Å². The Bertz CT molecular complexity index is 880. The Kier molecular flexibility index (Phi) is 41.9. The number of hydrogen-bond donors (Lipinski definition) is 0. The van der Waals surface area contributed by atoms with Gasteiger partial charge in [0.1, 0.15) is 13.2 Å². The molecule has 0 aliphatic heterocycles. The Hall–Kier alpha value is -2.11. The maximum atomic E-state index is 12.7. The molecule has 316 valence electrons. The highest BCUT2D eigenvalue weighted by Gasteiger charge is 2.19. The van der Waals surface area contributed by atoms with Gasteiger partial charge in [0.25, 0.3) is 0 Å². The van der Waals surface area contributed by atoms with Crippen LogP contribution in [0.2, 0.25) is 0 Å². The molecule has 0 fully saturated rings. The normalized spacial score (nSPS) is 12.1. The number of carbonyl (C=O) groups is 3. The molecule has 0 spiro atoms. The largest absolute Gasteiger partial charge is 0.462 e. The van der Waals surface area contributed by atoms with E-state index in [1.54, 1.807) is 0 Å². The van der Waals surface area contributed by atoms with Gasteiger partial charge in [0.05, 0.1) is 0 Å². The summed E-state index contributed by atoms with van der Waals surface area (Å²) in [6, 6.07) is 0. The number of hydrogen-bond acceptors (Lipinski definition) is 6. The first-order valence-corrected chi connectivity index (χ1v) is 23.3. The minimum absolute atomic E-state index is 0.0753. The first kappa shape index (κ1) is 51.9. The van der Waals surface area contributed by atoms with Gasteiger partial charge in [-0.3, -0.25) is 14.4 Å². The Morgan fingerprint density at radius 2 is 0.630 bits per heavy atom. The predicted octanol–water partition coefficient (Wildman–Crippen LogP) is 14.8. The fourth-order valence-corrected chi connectivity index (χ4v) is 6.58. The summed E-state index contributed by atoms with van der Waals surface area (Å²) in [6.45, 7) is 6.55. The van der Waals surface area contributed by atoms with E-state index in [2.05, 4.69) is 45.1 Å². The molecular weight excluding hydrogens is 673 g/mol. The molecule has 0 aromatic rings. The molecule has 0 rings (SSSR count).